The Morgan fingerprint density at radius 2 is 1.69 bits per heavy atom. The van der Waals surface area contributed by atoms with Gasteiger partial charge in [0.2, 0.25) is 0 Å². The van der Waals surface area contributed by atoms with E-state index in [1.807, 2.05) is 48.5 Å². The minimum absolute atomic E-state index is 0.00807. The maximum atomic E-state index is 12.4. The highest BCUT2D eigenvalue weighted by atomic mass is 79.9. The number of para-hydroxylation sites is 1. The van der Waals surface area contributed by atoms with E-state index in [9.17, 15) is 9.90 Å². The average Bonchev–Trinajstić information content (AvgIpc) is 2.68. The zero-order valence-corrected chi connectivity index (χ0v) is 15.8. The Morgan fingerprint density at radius 1 is 1.00 bits per heavy atom. The van der Waals surface area contributed by atoms with Gasteiger partial charge in [0, 0.05) is 16.4 Å². The van der Waals surface area contributed by atoms with Gasteiger partial charge in [-0.15, -0.1) is 0 Å². The standard InChI is InChI=1S/C21H20BrNO3/c22-19-14-18(20(24)17-11-5-4-10-16(17)19)21(25)23-12-6-7-13-26-15-8-2-1-3-9-15/h1-5,8-11,14,24H,6-7,12-13H2,(H,23,25). The lowest BCUT2D eigenvalue weighted by molar-refractivity contribution is 0.0950. The number of hydrogen-bond acceptors (Lipinski definition) is 3. The second-order valence-corrected chi connectivity index (χ2v) is 6.78. The van der Waals surface area contributed by atoms with Crippen molar-refractivity contribution in [1.29, 1.82) is 0 Å². The molecule has 0 aliphatic heterocycles. The van der Waals surface area contributed by atoms with E-state index in [0.29, 0.717) is 18.5 Å². The van der Waals surface area contributed by atoms with Gasteiger partial charge >= 0.3 is 0 Å². The molecule has 0 unspecified atom stereocenters. The fraction of sp³-hybridized carbons (Fsp3) is 0.190. The van der Waals surface area contributed by atoms with Crippen molar-refractivity contribution in [2.24, 2.45) is 0 Å². The number of amides is 1. The molecule has 26 heavy (non-hydrogen) atoms. The minimum Gasteiger partial charge on any atom is -0.506 e. The molecule has 0 heterocycles. The lowest BCUT2D eigenvalue weighted by Gasteiger charge is -2.11. The summed E-state index contributed by atoms with van der Waals surface area (Å²) in [6.07, 6.45) is 1.64. The van der Waals surface area contributed by atoms with E-state index in [4.69, 9.17) is 4.74 Å². The van der Waals surface area contributed by atoms with Crippen LogP contribution in [-0.2, 0) is 0 Å². The predicted molar refractivity (Wildman–Crippen MR) is 107 cm³/mol. The van der Waals surface area contributed by atoms with Crippen molar-refractivity contribution in [2.75, 3.05) is 13.2 Å². The molecule has 3 aromatic carbocycles. The molecule has 0 atom stereocenters. The third kappa shape index (κ3) is 4.35. The van der Waals surface area contributed by atoms with Crippen LogP contribution in [0.2, 0.25) is 0 Å². The molecule has 3 aromatic rings. The van der Waals surface area contributed by atoms with Crippen LogP contribution in [0, 0.1) is 0 Å². The summed E-state index contributed by atoms with van der Waals surface area (Å²) in [5.41, 5.74) is 0.274. The third-order valence-corrected chi connectivity index (χ3v) is 4.73. The molecule has 2 N–H and O–H groups in total. The zero-order chi connectivity index (χ0) is 18.4. The molecule has 0 saturated heterocycles. The molecule has 0 aliphatic rings. The summed E-state index contributed by atoms with van der Waals surface area (Å²) in [5.74, 6) is 0.578. The minimum atomic E-state index is -0.280. The maximum Gasteiger partial charge on any atom is 0.255 e. The first-order chi connectivity index (χ1) is 12.7. The number of halogens is 1. The molecular formula is C21H20BrNO3. The van der Waals surface area contributed by atoms with Crippen molar-refractivity contribution in [3.63, 3.8) is 0 Å². The number of benzene rings is 3. The monoisotopic (exact) mass is 413 g/mol. The average molecular weight is 414 g/mol. The molecule has 134 valence electrons. The molecular weight excluding hydrogens is 394 g/mol. The van der Waals surface area contributed by atoms with Crippen LogP contribution in [0.25, 0.3) is 10.8 Å². The summed E-state index contributed by atoms with van der Waals surface area (Å²) in [6.45, 7) is 1.13. The molecule has 0 radical (unpaired) electrons. The maximum absolute atomic E-state index is 12.4. The Kier molecular flexibility index (Phi) is 6.12. The van der Waals surface area contributed by atoms with Crippen molar-refractivity contribution in [3.8, 4) is 11.5 Å². The molecule has 0 saturated carbocycles. The highest BCUT2D eigenvalue weighted by Gasteiger charge is 2.15. The molecule has 0 aliphatic carbocycles. The van der Waals surface area contributed by atoms with Gasteiger partial charge in [0.25, 0.3) is 5.91 Å². The smallest absolute Gasteiger partial charge is 0.255 e. The zero-order valence-electron chi connectivity index (χ0n) is 14.2. The number of carbonyl (C=O) groups is 1. The van der Waals surface area contributed by atoms with E-state index in [1.165, 1.54) is 0 Å². The lowest BCUT2D eigenvalue weighted by atomic mass is 10.0. The van der Waals surface area contributed by atoms with Gasteiger partial charge in [-0.05, 0) is 36.4 Å². The van der Waals surface area contributed by atoms with Crippen LogP contribution in [0.1, 0.15) is 23.2 Å². The Morgan fingerprint density at radius 3 is 2.46 bits per heavy atom. The topological polar surface area (TPSA) is 58.6 Å². The van der Waals surface area contributed by atoms with E-state index in [0.717, 1.165) is 28.5 Å². The van der Waals surface area contributed by atoms with E-state index in [2.05, 4.69) is 21.2 Å². The number of hydrogen-bond donors (Lipinski definition) is 2. The molecule has 5 heteroatoms. The fourth-order valence-electron chi connectivity index (χ4n) is 2.72. The second-order valence-electron chi connectivity index (χ2n) is 5.92. The highest BCUT2D eigenvalue weighted by molar-refractivity contribution is 9.10. The SMILES string of the molecule is O=C(NCCCCOc1ccccc1)c1cc(Br)c2ccccc2c1O. The van der Waals surface area contributed by atoms with Crippen LogP contribution in [0.3, 0.4) is 0 Å². The second kappa shape index (κ2) is 8.72. The molecule has 1 amide bonds. The van der Waals surface area contributed by atoms with Gasteiger partial charge < -0.3 is 15.2 Å². The Hall–Kier alpha value is -2.53. The fourth-order valence-corrected chi connectivity index (χ4v) is 3.29. The summed E-state index contributed by atoms with van der Waals surface area (Å²) >= 11 is 3.47. The number of unbranched alkanes of at least 4 members (excludes halogenated alkanes) is 1. The van der Waals surface area contributed by atoms with E-state index in [1.54, 1.807) is 12.1 Å². The quantitative estimate of drug-likeness (QED) is 0.541. The Labute approximate surface area is 160 Å². The number of rotatable bonds is 7. The summed E-state index contributed by atoms with van der Waals surface area (Å²) in [7, 11) is 0. The van der Waals surface area contributed by atoms with E-state index in [-0.39, 0.29) is 17.2 Å². The number of phenols is 1. The Bertz CT molecular complexity index is 896. The van der Waals surface area contributed by atoms with Gasteiger partial charge in [-0.2, -0.15) is 0 Å². The van der Waals surface area contributed by atoms with Crippen molar-refractivity contribution in [1.82, 2.24) is 5.32 Å². The number of carbonyl (C=O) groups excluding carboxylic acids is 1. The van der Waals surface area contributed by atoms with Crippen LogP contribution < -0.4 is 10.1 Å². The van der Waals surface area contributed by atoms with Gasteiger partial charge in [0.15, 0.2) is 0 Å². The van der Waals surface area contributed by atoms with Gasteiger partial charge in [-0.25, -0.2) is 0 Å². The van der Waals surface area contributed by atoms with Gasteiger partial charge in [0.1, 0.15) is 11.5 Å². The van der Waals surface area contributed by atoms with Crippen LogP contribution in [0.15, 0.2) is 65.1 Å². The predicted octanol–water partition coefficient (Wildman–Crippen LogP) is 4.90. The van der Waals surface area contributed by atoms with Gasteiger partial charge in [-0.1, -0.05) is 58.4 Å². The van der Waals surface area contributed by atoms with E-state index < -0.39 is 0 Å². The Balaban J connectivity index is 1.51. The number of fused-ring (bicyclic) bond motifs is 1. The van der Waals surface area contributed by atoms with Crippen LogP contribution in [0.4, 0.5) is 0 Å². The molecule has 0 bridgehead atoms. The molecule has 0 aromatic heterocycles. The number of ether oxygens (including phenoxy) is 1. The van der Waals surface area contributed by atoms with Crippen LogP contribution in [0.5, 0.6) is 11.5 Å². The number of phenolic OH excluding ortho intramolecular Hbond substituents is 1. The largest absolute Gasteiger partial charge is 0.506 e. The van der Waals surface area contributed by atoms with Crippen LogP contribution >= 0.6 is 15.9 Å². The molecule has 0 spiro atoms. The summed E-state index contributed by atoms with van der Waals surface area (Å²) < 4.78 is 6.41. The highest BCUT2D eigenvalue weighted by Crippen LogP contribution is 2.34. The molecule has 0 fully saturated rings. The lowest BCUT2D eigenvalue weighted by Crippen LogP contribution is -2.25. The van der Waals surface area contributed by atoms with Crippen molar-refractivity contribution in [2.45, 2.75) is 12.8 Å². The van der Waals surface area contributed by atoms with Crippen molar-refractivity contribution >= 4 is 32.6 Å². The first kappa shape index (κ1) is 18.3. The van der Waals surface area contributed by atoms with Crippen molar-refractivity contribution < 1.29 is 14.6 Å². The summed E-state index contributed by atoms with van der Waals surface area (Å²) in [5, 5.41) is 14.8. The third-order valence-electron chi connectivity index (χ3n) is 4.08. The normalized spacial score (nSPS) is 10.7. The van der Waals surface area contributed by atoms with Crippen molar-refractivity contribution in [3.05, 3.63) is 70.7 Å². The number of nitrogens with one attached hydrogen (secondary N) is 1. The van der Waals surface area contributed by atoms with Gasteiger partial charge in [0.05, 0.1) is 12.2 Å². The first-order valence-corrected chi connectivity index (χ1v) is 9.32. The van der Waals surface area contributed by atoms with Crippen LogP contribution in [-0.4, -0.2) is 24.2 Å². The van der Waals surface area contributed by atoms with Gasteiger partial charge in [-0.3, -0.25) is 4.79 Å². The summed E-state index contributed by atoms with van der Waals surface area (Å²) in [4.78, 5) is 12.4. The molecule has 4 nitrogen and oxygen atoms in total. The number of aromatic hydroxyl groups is 1. The van der Waals surface area contributed by atoms with E-state index >= 15 is 0 Å². The first-order valence-electron chi connectivity index (χ1n) is 8.53. The summed E-state index contributed by atoms with van der Waals surface area (Å²) in [6, 6.07) is 18.7. The molecule has 3 rings (SSSR count).